The molecule has 1 aromatic heterocycles. The number of hydrogen-bond acceptors (Lipinski definition) is 5. The molecule has 0 bridgehead atoms. The van der Waals surface area contributed by atoms with Gasteiger partial charge in [-0.05, 0) is 49.6 Å². The third kappa shape index (κ3) is 3.52. The Kier molecular flexibility index (Phi) is 4.49. The summed E-state index contributed by atoms with van der Waals surface area (Å²) in [4.78, 5) is 14.7. The van der Waals surface area contributed by atoms with E-state index < -0.39 is 12.3 Å². The van der Waals surface area contributed by atoms with Crippen LogP contribution in [0.5, 0.6) is 5.75 Å². The average molecular weight is 409 g/mol. The normalized spacial score (nSPS) is 18.9. The van der Waals surface area contributed by atoms with Crippen LogP contribution in [0.4, 0.5) is 19.0 Å². The van der Waals surface area contributed by atoms with Crippen LogP contribution in [0.1, 0.15) is 29.2 Å². The zero-order chi connectivity index (χ0) is 21.0. The number of likely N-dealkylation sites (tertiary alicyclic amines) is 1. The number of nitrogens with zero attached hydrogens (tertiary/aromatic N) is 3. The third-order valence-corrected chi connectivity index (χ3v) is 5.66. The number of benzene rings is 1. The molecule has 1 aromatic carbocycles. The first-order chi connectivity index (χ1) is 13.6. The highest BCUT2D eigenvalue weighted by Crippen LogP contribution is 2.54. The number of hydrogen-bond donors (Lipinski definition) is 2. The van der Waals surface area contributed by atoms with Gasteiger partial charge < -0.3 is 20.7 Å². The van der Waals surface area contributed by atoms with E-state index in [1.54, 1.807) is 4.68 Å². The SMILES string of the molecule is CNC(=O)c1c(-c2ccc(OC(F)(F)F)cc2)nn(C2CC3(C2)CN(C)C3)c1N. The van der Waals surface area contributed by atoms with Gasteiger partial charge in [-0.25, -0.2) is 4.68 Å². The van der Waals surface area contributed by atoms with Gasteiger partial charge in [-0.15, -0.1) is 13.2 Å². The van der Waals surface area contributed by atoms with Gasteiger partial charge >= 0.3 is 6.36 Å². The topological polar surface area (TPSA) is 85.4 Å². The number of amides is 1. The molecule has 2 heterocycles. The molecule has 156 valence electrons. The second-order valence-electron chi connectivity index (χ2n) is 7.94. The van der Waals surface area contributed by atoms with E-state index in [2.05, 4.69) is 27.1 Å². The Hall–Kier alpha value is -2.75. The lowest BCUT2D eigenvalue weighted by Crippen LogP contribution is -2.60. The van der Waals surface area contributed by atoms with Crippen LogP contribution in [0.25, 0.3) is 11.3 Å². The number of aromatic nitrogens is 2. The molecule has 2 aromatic rings. The molecule has 1 amide bonds. The summed E-state index contributed by atoms with van der Waals surface area (Å²) in [5.41, 5.74) is 7.63. The molecule has 1 saturated heterocycles. The maximum absolute atomic E-state index is 12.4. The first-order valence-corrected chi connectivity index (χ1v) is 9.26. The van der Waals surface area contributed by atoms with Crippen LogP contribution < -0.4 is 15.8 Å². The second kappa shape index (κ2) is 6.65. The van der Waals surface area contributed by atoms with Crippen molar-refractivity contribution in [1.29, 1.82) is 0 Å². The largest absolute Gasteiger partial charge is 0.573 e. The number of nitrogens with one attached hydrogen (secondary N) is 1. The Morgan fingerprint density at radius 1 is 1.28 bits per heavy atom. The number of alkyl halides is 3. The Morgan fingerprint density at radius 3 is 2.41 bits per heavy atom. The van der Waals surface area contributed by atoms with Crippen molar-refractivity contribution in [2.75, 3.05) is 32.9 Å². The fourth-order valence-corrected chi connectivity index (χ4v) is 4.56. The molecule has 1 aliphatic carbocycles. The van der Waals surface area contributed by atoms with E-state index in [0.717, 1.165) is 25.9 Å². The van der Waals surface area contributed by atoms with Crippen LogP contribution >= 0.6 is 0 Å². The van der Waals surface area contributed by atoms with Gasteiger partial charge in [0.2, 0.25) is 0 Å². The zero-order valence-corrected chi connectivity index (χ0v) is 16.1. The van der Waals surface area contributed by atoms with E-state index in [9.17, 15) is 18.0 Å². The number of carbonyl (C=O) groups is 1. The Balaban J connectivity index is 1.63. The minimum Gasteiger partial charge on any atom is -0.406 e. The molecule has 1 spiro atoms. The summed E-state index contributed by atoms with van der Waals surface area (Å²) >= 11 is 0. The molecule has 29 heavy (non-hydrogen) atoms. The van der Waals surface area contributed by atoms with Crippen molar-refractivity contribution in [3.8, 4) is 17.0 Å². The third-order valence-electron chi connectivity index (χ3n) is 5.66. The summed E-state index contributed by atoms with van der Waals surface area (Å²) in [5, 5.41) is 7.13. The van der Waals surface area contributed by atoms with Crippen LogP contribution in [-0.2, 0) is 0 Å². The lowest BCUT2D eigenvalue weighted by molar-refractivity contribution is -0.274. The molecule has 0 unspecified atom stereocenters. The number of halogens is 3. The lowest BCUT2D eigenvalue weighted by Gasteiger charge is -2.58. The highest BCUT2D eigenvalue weighted by Gasteiger charge is 2.52. The van der Waals surface area contributed by atoms with Crippen molar-refractivity contribution in [3.63, 3.8) is 0 Å². The Morgan fingerprint density at radius 2 is 1.90 bits per heavy atom. The molecule has 1 saturated carbocycles. The average Bonchev–Trinajstić information content (AvgIpc) is 2.92. The zero-order valence-electron chi connectivity index (χ0n) is 16.1. The summed E-state index contributed by atoms with van der Waals surface area (Å²) in [6.07, 6.45) is -2.89. The van der Waals surface area contributed by atoms with Crippen LogP contribution in [0.15, 0.2) is 24.3 Å². The summed E-state index contributed by atoms with van der Waals surface area (Å²) in [7, 11) is 3.57. The van der Waals surface area contributed by atoms with Gasteiger partial charge in [-0.2, -0.15) is 5.10 Å². The molecule has 4 rings (SSSR count). The quantitative estimate of drug-likeness (QED) is 0.811. The number of rotatable bonds is 4. The molecule has 10 heteroatoms. The van der Waals surface area contributed by atoms with Crippen molar-refractivity contribution in [3.05, 3.63) is 29.8 Å². The van der Waals surface area contributed by atoms with Crippen LogP contribution in [-0.4, -0.2) is 54.1 Å². The molecular formula is C19H22F3N5O2. The van der Waals surface area contributed by atoms with E-state index >= 15 is 0 Å². The molecule has 2 aliphatic rings. The van der Waals surface area contributed by atoms with Gasteiger partial charge in [0.1, 0.15) is 22.8 Å². The van der Waals surface area contributed by atoms with Gasteiger partial charge in [0.15, 0.2) is 0 Å². The van der Waals surface area contributed by atoms with Gasteiger partial charge in [0.05, 0.1) is 6.04 Å². The van der Waals surface area contributed by atoms with Crippen LogP contribution in [0.3, 0.4) is 0 Å². The predicted molar refractivity (Wildman–Crippen MR) is 100 cm³/mol. The Labute approximate surface area is 165 Å². The van der Waals surface area contributed by atoms with Crippen molar-refractivity contribution >= 4 is 11.7 Å². The van der Waals surface area contributed by atoms with Gasteiger partial charge in [-0.1, -0.05) is 0 Å². The first-order valence-electron chi connectivity index (χ1n) is 9.26. The van der Waals surface area contributed by atoms with Crippen LogP contribution in [0.2, 0.25) is 0 Å². The smallest absolute Gasteiger partial charge is 0.406 e. The van der Waals surface area contributed by atoms with E-state index in [-0.39, 0.29) is 23.2 Å². The van der Waals surface area contributed by atoms with E-state index in [1.807, 2.05) is 0 Å². The van der Waals surface area contributed by atoms with E-state index in [4.69, 9.17) is 5.73 Å². The summed E-state index contributed by atoms with van der Waals surface area (Å²) in [6.45, 7) is 2.08. The first kappa shape index (κ1) is 19.6. The van der Waals surface area contributed by atoms with Crippen molar-refractivity contribution < 1.29 is 22.7 Å². The minimum atomic E-state index is -4.77. The highest BCUT2D eigenvalue weighted by atomic mass is 19.4. The monoisotopic (exact) mass is 409 g/mol. The molecule has 0 atom stereocenters. The molecule has 2 fully saturated rings. The van der Waals surface area contributed by atoms with Crippen molar-refractivity contribution in [1.82, 2.24) is 20.0 Å². The standard InChI is InChI=1S/C19H22F3N5O2/c1-24-17(28)14-15(11-3-5-13(6-4-11)29-19(20,21)22)25-27(16(14)23)12-7-18(8-12)9-26(2)10-18/h3-6,12H,7-10,23H2,1-2H3,(H,24,28). The maximum Gasteiger partial charge on any atom is 0.573 e. The molecule has 1 aliphatic heterocycles. The summed E-state index contributed by atoms with van der Waals surface area (Å²) in [6, 6.07) is 5.35. The van der Waals surface area contributed by atoms with Crippen molar-refractivity contribution in [2.24, 2.45) is 5.41 Å². The highest BCUT2D eigenvalue weighted by molar-refractivity contribution is 6.04. The van der Waals surface area contributed by atoms with Gasteiger partial charge in [0, 0.05) is 25.7 Å². The van der Waals surface area contributed by atoms with Crippen LogP contribution in [0, 0.1) is 5.41 Å². The lowest BCUT2D eigenvalue weighted by atomic mass is 9.61. The van der Waals surface area contributed by atoms with E-state index in [0.29, 0.717) is 16.7 Å². The fraction of sp³-hybridized carbons (Fsp3) is 0.474. The number of ether oxygens (including phenoxy) is 1. The fourth-order valence-electron chi connectivity index (χ4n) is 4.56. The number of carbonyl (C=O) groups excluding carboxylic acids is 1. The van der Waals surface area contributed by atoms with Gasteiger partial charge in [-0.3, -0.25) is 4.79 Å². The number of nitrogen functional groups attached to an aromatic ring is 1. The predicted octanol–water partition coefficient (Wildman–Crippen LogP) is 2.66. The minimum absolute atomic E-state index is 0.105. The molecular weight excluding hydrogens is 387 g/mol. The molecule has 7 nitrogen and oxygen atoms in total. The summed E-state index contributed by atoms with van der Waals surface area (Å²) < 4.78 is 42.7. The molecule has 0 radical (unpaired) electrons. The number of nitrogens with two attached hydrogens (primary N) is 1. The van der Waals surface area contributed by atoms with E-state index in [1.165, 1.54) is 31.3 Å². The Bertz CT molecular complexity index is 925. The number of anilines is 1. The van der Waals surface area contributed by atoms with Gasteiger partial charge in [0.25, 0.3) is 5.91 Å². The summed E-state index contributed by atoms with van der Waals surface area (Å²) in [5.74, 6) is -0.468. The maximum atomic E-state index is 12.4. The van der Waals surface area contributed by atoms with Crippen molar-refractivity contribution in [2.45, 2.75) is 25.2 Å². The molecule has 3 N–H and O–H groups in total. The second-order valence-corrected chi connectivity index (χ2v) is 7.94.